The summed E-state index contributed by atoms with van der Waals surface area (Å²) in [6.07, 6.45) is 0.381. The van der Waals surface area contributed by atoms with Crippen molar-refractivity contribution in [1.29, 1.82) is 0 Å². The first-order chi connectivity index (χ1) is 7.04. The number of nitrogens with two attached hydrogens (primary N) is 1. The standard InChI is InChI=1S/C12H17NO2/c1-8-6-10(4-5-12(8)15-3)11(13)7-9(2)14/h4-6,11H,7,13H2,1-3H3. The highest BCUT2D eigenvalue weighted by molar-refractivity contribution is 5.76. The highest BCUT2D eigenvalue weighted by Gasteiger charge is 2.09. The van der Waals surface area contributed by atoms with Crippen LogP contribution in [-0.4, -0.2) is 12.9 Å². The van der Waals surface area contributed by atoms with E-state index in [1.807, 2.05) is 25.1 Å². The molecule has 1 aromatic carbocycles. The molecule has 0 aliphatic rings. The number of ether oxygens (including phenoxy) is 1. The predicted octanol–water partition coefficient (Wildman–Crippen LogP) is 1.98. The molecule has 0 heterocycles. The van der Waals surface area contributed by atoms with E-state index in [9.17, 15) is 4.79 Å². The Balaban J connectivity index is 2.87. The van der Waals surface area contributed by atoms with Crippen LogP contribution in [0.5, 0.6) is 5.75 Å². The molecule has 0 spiro atoms. The Morgan fingerprint density at radius 3 is 2.67 bits per heavy atom. The molecular weight excluding hydrogens is 190 g/mol. The molecule has 0 aromatic heterocycles. The molecule has 82 valence electrons. The molecule has 0 aliphatic carbocycles. The molecule has 1 atom stereocenters. The van der Waals surface area contributed by atoms with E-state index < -0.39 is 0 Å². The topological polar surface area (TPSA) is 52.3 Å². The maximum atomic E-state index is 10.9. The molecule has 0 saturated heterocycles. The van der Waals surface area contributed by atoms with Gasteiger partial charge in [0.2, 0.25) is 0 Å². The Kier molecular flexibility index (Phi) is 3.86. The van der Waals surface area contributed by atoms with Crippen molar-refractivity contribution >= 4 is 5.78 Å². The van der Waals surface area contributed by atoms with Crippen LogP contribution >= 0.6 is 0 Å². The second kappa shape index (κ2) is 4.94. The zero-order valence-electron chi connectivity index (χ0n) is 9.41. The van der Waals surface area contributed by atoms with Gasteiger partial charge in [-0.15, -0.1) is 0 Å². The lowest BCUT2D eigenvalue weighted by molar-refractivity contribution is -0.117. The number of aryl methyl sites for hydroxylation is 1. The fraction of sp³-hybridized carbons (Fsp3) is 0.417. The van der Waals surface area contributed by atoms with Crippen molar-refractivity contribution < 1.29 is 9.53 Å². The summed E-state index contributed by atoms with van der Waals surface area (Å²) in [5.74, 6) is 0.949. The SMILES string of the molecule is COc1ccc(C(N)CC(C)=O)cc1C. The van der Waals surface area contributed by atoms with Gasteiger partial charge in [0.05, 0.1) is 7.11 Å². The van der Waals surface area contributed by atoms with Gasteiger partial charge in [-0.2, -0.15) is 0 Å². The van der Waals surface area contributed by atoms with Gasteiger partial charge in [-0.25, -0.2) is 0 Å². The summed E-state index contributed by atoms with van der Waals surface area (Å²) >= 11 is 0. The Morgan fingerprint density at radius 1 is 1.53 bits per heavy atom. The second-order valence-electron chi connectivity index (χ2n) is 3.74. The van der Waals surface area contributed by atoms with Crippen molar-refractivity contribution in [2.24, 2.45) is 5.73 Å². The summed E-state index contributed by atoms with van der Waals surface area (Å²) in [5, 5.41) is 0. The molecule has 2 N–H and O–H groups in total. The average molecular weight is 207 g/mol. The van der Waals surface area contributed by atoms with E-state index in [1.54, 1.807) is 14.0 Å². The van der Waals surface area contributed by atoms with Gasteiger partial charge in [-0.1, -0.05) is 12.1 Å². The normalized spacial score (nSPS) is 12.3. The zero-order valence-corrected chi connectivity index (χ0v) is 9.41. The third-order valence-corrected chi connectivity index (χ3v) is 2.35. The molecule has 1 rings (SSSR count). The Morgan fingerprint density at radius 2 is 2.20 bits per heavy atom. The summed E-state index contributed by atoms with van der Waals surface area (Å²) in [7, 11) is 1.64. The molecule has 1 unspecified atom stereocenters. The molecule has 0 aliphatic heterocycles. The largest absolute Gasteiger partial charge is 0.496 e. The number of carbonyl (C=O) groups is 1. The summed E-state index contributed by atoms with van der Waals surface area (Å²) in [5.41, 5.74) is 7.91. The van der Waals surface area contributed by atoms with Gasteiger partial charge in [0, 0.05) is 12.5 Å². The zero-order chi connectivity index (χ0) is 11.4. The quantitative estimate of drug-likeness (QED) is 0.821. The summed E-state index contributed by atoms with van der Waals surface area (Å²) in [4.78, 5) is 10.9. The van der Waals surface area contributed by atoms with E-state index in [0.717, 1.165) is 16.9 Å². The minimum absolute atomic E-state index is 0.107. The summed E-state index contributed by atoms with van der Waals surface area (Å²) < 4.78 is 5.15. The van der Waals surface area contributed by atoms with Crippen LogP contribution in [0, 0.1) is 6.92 Å². The van der Waals surface area contributed by atoms with Crippen LogP contribution in [-0.2, 0) is 4.79 Å². The number of benzene rings is 1. The first kappa shape index (κ1) is 11.7. The average Bonchev–Trinajstić information content (AvgIpc) is 2.16. The van der Waals surface area contributed by atoms with Crippen molar-refractivity contribution in [3.63, 3.8) is 0 Å². The minimum Gasteiger partial charge on any atom is -0.496 e. The van der Waals surface area contributed by atoms with Gasteiger partial charge < -0.3 is 10.5 Å². The van der Waals surface area contributed by atoms with Crippen LogP contribution in [0.1, 0.15) is 30.5 Å². The Hall–Kier alpha value is -1.35. The number of carbonyl (C=O) groups excluding carboxylic acids is 1. The fourth-order valence-electron chi connectivity index (χ4n) is 1.56. The van der Waals surface area contributed by atoms with Gasteiger partial charge in [0.1, 0.15) is 11.5 Å². The van der Waals surface area contributed by atoms with Gasteiger partial charge in [-0.3, -0.25) is 4.79 Å². The van der Waals surface area contributed by atoms with Crippen LogP contribution in [0.25, 0.3) is 0 Å². The van der Waals surface area contributed by atoms with Gasteiger partial charge in [0.15, 0.2) is 0 Å². The maximum Gasteiger partial charge on any atom is 0.131 e. The smallest absolute Gasteiger partial charge is 0.131 e. The number of Topliss-reactive ketones (excluding diaryl/α,β-unsaturated/α-hetero) is 1. The van der Waals surface area contributed by atoms with Crippen molar-refractivity contribution in [3.8, 4) is 5.75 Å². The predicted molar refractivity (Wildman–Crippen MR) is 60.0 cm³/mol. The van der Waals surface area contributed by atoms with Gasteiger partial charge in [-0.05, 0) is 31.0 Å². The lowest BCUT2D eigenvalue weighted by atomic mass is 10.0. The fourth-order valence-corrected chi connectivity index (χ4v) is 1.56. The number of ketones is 1. The number of hydrogen-bond donors (Lipinski definition) is 1. The van der Waals surface area contributed by atoms with Gasteiger partial charge >= 0.3 is 0 Å². The van der Waals surface area contributed by atoms with Crippen molar-refractivity contribution in [3.05, 3.63) is 29.3 Å². The molecule has 3 nitrogen and oxygen atoms in total. The molecule has 0 radical (unpaired) electrons. The highest BCUT2D eigenvalue weighted by Crippen LogP contribution is 2.22. The van der Waals surface area contributed by atoms with Crippen LogP contribution in [0.3, 0.4) is 0 Å². The first-order valence-electron chi connectivity index (χ1n) is 4.94. The molecule has 15 heavy (non-hydrogen) atoms. The number of hydrogen-bond acceptors (Lipinski definition) is 3. The maximum absolute atomic E-state index is 10.9. The third kappa shape index (κ3) is 3.06. The molecular formula is C12H17NO2. The molecule has 0 fully saturated rings. The van der Waals surface area contributed by atoms with E-state index in [-0.39, 0.29) is 11.8 Å². The summed E-state index contributed by atoms with van der Waals surface area (Å²) in [6.45, 7) is 3.51. The van der Waals surface area contributed by atoms with E-state index in [0.29, 0.717) is 6.42 Å². The van der Waals surface area contributed by atoms with E-state index in [1.165, 1.54) is 0 Å². The van der Waals surface area contributed by atoms with Crippen molar-refractivity contribution in [2.45, 2.75) is 26.3 Å². The van der Waals surface area contributed by atoms with Crippen LogP contribution < -0.4 is 10.5 Å². The van der Waals surface area contributed by atoms with Crippen molar-refractivity contribution in [2.75, 3.05) is 7.11 Å². The second-order valence-corrected chi connectivity index (χ2v) is 3.74. The molecule has 3 heteroatoms. The Bertz CT molecular complexity index is 361. The number of methoxy groups -OCH3 is 1. The number of rotatable bonds is 4. The lowest BCUT2D eigenvalue weighted by Gasteiger charge is -2.12. The molecule has 0 amide bonds. The molecule has 1 aromatic rings. The minimum atomic E-state index is -0.216. The van der Waals surface area contributed by atoms with E-state index in [2.05, 4.69) is 0 Å². The van der Waals surface area contributed by atoms with Gasteiger partial charge in [0.25, 0.3) is 0 Å². The van der Waals surface area contributed by atoms with E-state index >= 15 is 0 Å². The van der Waals surface area contributed by atoms with Crippen LogP contribution in [0.15, 0.2) is 18.2 Å². The van der Waals surface area contributed by atoms with Crippen LogP contribution in [0.2, 0.25) is 0 Å². The van der Waals surface area contributed by atoms with Crippen molar-refractivity contribution in [1.82, 2.24) is 0 Å². The molecule has 0 bridgehead atoms. The first-order valence-corrected chi connectivity index (χ1v) is 4.94. The van der Waals surface area contributed by atoms with E-state index in [4.69, 9.17) is 10.5 Å². The Labute approximate surface area is 90.2 Å². The monoisotopic (exact) mass is 207 g/mol. The molecule has 0 saturated carbocycles. The third-order valence-electron chi connectivity index (χ3n) is 2.35. The lowest BCUT2D eigenvalue weighted by Crippen LogP contribution is -2.13. The van der Waals surface area contributed by atoms with Crippen LogP contribution in [0.4, 0.5) is 0 Å². The summed E-state index contributed by atoms with van der Waals surface area (Å²) in [6, 6.07) is 5.53. The highest BCUT2D eigenvalue weighted by atomic mass is 16.5.